The van der Waals surface area contributed by atoms with Crippen LogP contribution in [-0.2, 0) is 36.6 Å². The molecule has 2 aliphatic heterocycles. The molecule has 0 saturated carbocycles. The van der Waals surface area contributed by atoms with Crippen molar-refractivity contribution < 1.29 is 22.7 Å². The van der Waals surface area contributed by atoms with Gasteiger partial charge in [0.2, 0.25) is 15.9 Å². The van der Waals surface area contributed by atoms with Crippen LogP contribution in [0.1, 0.15) is 24.0 Å². The number of nitrogens with two attached hydrogens (primary N) is 1. The standard InChI is InChI=1S/C18H27N3O5S.ClH/c19-11-16-5-6-17(26-16)18(22)20-12-14-3-1-2-4-15(14)13-27(23,24)21-7-9-25-10-8-21;/h1-4,16-17H,5-13,19H2,(H,20,22);1H/t16-,17+;/m1./s1. The normalized spacial score (nSPS) is 23.2. The maximum absolute atomic E-state index is 12.7. The zero-order valence-electron chi connectivity index (χ0n) is 15.7. The van der Waals surface area contributed by atoms with Gasteiger partial charge in [-0.15, -0.1) is 12.4 Å². The average Bonchev–Trinajstić information content (AvgIpc) is 3.17. The van der Waals surface area contributed by atoms with Gasteiger partial charge in [-0.05, 0) is 24.0 Å². The van der Waals surface area contributed by atoms with E-state index in [1.807, 2.05) is 12.1 Å². The van der Waals surface area contributed by atoms with Gasteiger partial charge in [-0.3, -0.25) is 4.79 Å². The van der Waals surface area contributed by atoms with E-state index in [0.29, 0.717) is 44.8 Å². The molecule has 2 fully saturated rings. The van der Waals surface area contributed by atoms with Crippen molar-refractivity contribution in [1.82, 2.24) is 9.62 Å². The summed E-state index contributed by atoms with van der Waals surface area (Å²) in [4.78, 5) is 12.3. The zero-order valence-corrected chi connectivity index (χ0v) is 17.3. The number of amides is 1. The highest BCUT2D eigenvalue weighted by Gasteiger charge is 2.30. The first-order valence-corrected chi connectivity index (χ1v) is 10.9. The highest BCUT2D eigenvalue weighted by Crippen LogP contribution is 2.20. The largest absolute Gasteiger partial charge is 0.379 e. The molecule has 0 unspecified atom stereocenters. The second-order valence-electron chi connectivity index (χ2n) is 6.81. The van der Waals surface area contributed by atoms with Crippen LogP contribution in [0.2, 0.25) is 0 Å². The topological polar surface area (TPSA) is 111 Å². The van der Waals surface area contributed by atoms with Crippen LogP contribution in [0.15, 0.2) is 24.3 Å². The van der Waals surface area contributed by atoms with E-state index < -0.39 is 16.1 Å². The lowest BCUT2D eigenvalue weighted by Crippen LogP contribution is -2.41. The first-order chi connectivity index (χ1) is 13.0. The number of nitrogens with zero attached hydrogens (tertiary/aromatic N) is 1. The van der Waals surface area contributed by atoms with Crippen molar-refractivity contribution >= 4 is 28.3 Å². The third-order valence-electron chi connectivity index (χ3n) is 4.94. The molecule has 1 amide bonds. The Kier molecular flexibility index (Phi) is 8.66. The van der Waals surface area contributed by atoms with Crippen LogP contribution in [-0.4, -0.2) is 63.7 Å². The van der Waals surface area contributed by atoms with Gasteiger partial charge in [0.15, 0.2) is 0 Å². The molecule has 0 bridgehead atoms. The van der Waals surface area contributed by atoms with E-state index in [1.54, 1.807) is 12.1 Å². The van der Waals surface area contributed by atoms with Crippen molar-refractivity contribution in [2.45, 2.75) is 37.3 Å². The molecule has 158 valence electrons. The average molecular weight is 434 g/mol. The van der Waals surface area contributed by atoms with Gasteiger partial charge >= 0.3 is 0 Å². The minimum absolute atomic E-state index is 0. The summed E-state index contributed by atoms with van der Waals surface area (Å²) in [5.74, 6) is -0.273. The lowest BCUT2D eigenvalue weighted by molar-refractivity contribution is -0.132. The lowest BCUT2D eigenvalue weighted by Gasteiger charge is -2.26. The summed E-state index contributed by atoms with van der Waals surface area (Å²) in [5.41, 5.74) is 7.06. The summed E-state index contributed by atoms with van der Waals surface area (Å²) >= 11 is 0. The van der Waals surface area contributed by atoms with Crippen molar-refractivity contribution in [2.75, 3.05) is 32.8 Å². The predicted molar refractivity (Wildman–Crippen MR) is 108 cm³/mol. The fourth-order valence-electron chi connectivity index (χ4n) is 3.35. The van der Waals surface area contributed by atoms with Gasteiger partial charge in [0.25, 0.3) is 0 Å². The smallest absolute Gasteiger partial charge is 0.249 e. The molecular weight excluding hydrogens is 406 g/mol. The Morgan fingerprint density at radius 2 is 1.86 bits per heavy atom. The molecule has 1 aromatic carbocycles. The molecular formula is C18H28ClN3O5S. The molecule has 0 spiro atoms. The van der Waals surface area contributed by atoms with Crippen LogP contribution in [0.3, 0.4) is 0 Å². The Bertz CT molecular complexity index is 755. The van der Waals surface area contributed by atoms with Gasteiger partial charge in [-0.25, -0.2) is 8.42 Å². The summed E-state index contributed by atoms with van der Waals surface area (Å²) in [6, 6.07) is 7.27. The number of hydrogen-bond donors (Lipinski definition) is 2. The number of carbonyl (C=O) groups is 1. The molecule has 3 rings (SSSR count). The lowest BCUT2D eigenvalue weighted by atomic mass is 10.1. The van der Waals surface area contributed by atoms with Crippen molar-refractivity contribution in [3.63, 3.8) is 0 Å². The molecule has 28 heavy (non-hydrogen) atoms. The molecule has 0 aliphatic carbocycles. The Morgan fingerprint density at radius 1 is 1.18 bits per heavy atom. The fourth-order valence-corrected chi connectivity index (χ4v) is 4.91. The number of hydrogen-bond acceptors (Lipinski definition) is 6. The van der Waals surface area contributed by atoms with Crippen LogP contribution < -0.4 is 11.1 Å². The summed E-state index contributed by atoms with van der Waals surface area (Å²) in [6.07, 6.45) is 0.887. The highest BCUT2D eigenvalue weighted by molar-refractivity contribution is 7.88. The monoisotopic (exact) mass is 433 g/mol. The number of nitrogens with one attached hydrogen (secondary N) is 1. The van der Waals surface area contributed by atoms with Crippen molar-refractivity contribution in [2.24, 2.45) is 5.73 Å². The van der Waals surface area contributed by atoms with Gasteiger partial charge in [0, 0.05) is 26.2 Å². The van der Waals surface area contributed by atoms with Crippen molar-refractivity contribution in [3.8, 4) is 0 Å². The predicted octanol–water partition coefficient (Wildman–Crippen LogP) is 0.393. The van der Waals surface area contributed by atoms with E-state index in [2.05, 4.69) is 5.32 Å². The first-order valence-electron chi connectivity index (χ1n) is 9.25. The molecule has 3 N–H and O–H groups in total. The highest BCUT2D eigenvalue weighted by atomic mass is 35.5. The van der Waals surface area contributed by atoms with Gasteiger partial charge in [0.05, 0.1) is 25.1 Å². The molecule has 0 aromatic heterocycles. The molecule has 0 radical (unpaired) electrons. The Hall–Kier alpha value is -1.23. The molecule has 10 heteroatoms. The van der Waals surface area contributed by atoms with Gasteiger partial charge in [0.1, 0.15) is 6.10 Å². The third-order valence-corrected chi connectivity index (χ3v) is 6.76. The SMILES string of the molecule is Cl.NC[C@H]1CC[C@@H](C(=O)NCc2ccccc2CS(=O)(=O)N2CCOCC2)O1. The van der Waals surface area contributed by atoms with Crippen molar-refractivity contribution in [3.05, 3.63) is 35.4 Å². The number of ether oxygens (including phenoxy) is 2. The first kappa shape index (κ1) is 23.1. The van der Waals surface area contributed by atoms with E-state index in [0.717, 1.165) is 12.0 Å². The summed E-state index contributed by atoms with van der Waals surface area (Å²) in [6.45, 7) is 2.27. The second-order valence-corrected chi connectivity index (χ2v) is 8.78. The minimum atomic E-state index is -3.42. The van der Waals surface area contributed by atoms with Crippen LogP contribution in [0.4, 0.5) is 0 Å². The minimum Gasteiger partial charge on any atom is -0.379 e. The molecule has 2 saturated heterocycles. The third kappa shape index (κ3) is 5.88. The maximum atomic E-state index is 12.7. The summed E-state index contributed by atoms with van der Waals surface area (Å²) in [5, 5.41) is 2.86. The quantitative estimate of drug-likeness (QED) is 0.643. The summed E-state index contributed by atoms with van der Waals surface area (Å²) in [7, 11) is -3.42. The van der Waals surface area contributed by atoms with E-state index in [1.165, 1.54) is 4.31 Å². The number of halogens is 1. The van der Waals surface area contributed by atoms with Crippen LogP contribution in [0.25, 0.3) is 0 Å². The van der Waals surface area contributed by atoms with E-state index in [9.17, 15) is 13.2 Å². The number of benzene rings is 1. The van der Waals surface area contributed by atoms with Crippen LogP contribution in [0.5, 0.6) is 0 Å². The Morgan fingerprint density at radius 3 is 2.50 bits per heavy atom. The van der Waals surface area contributed by atoms with Crippen LogP contribution >= 0.6 is 12.4 Å². The van der Waals surface area contributed by atoms with E-state index >= 15 is 0 Å². The zero-order chi connectivity index (χ0) is 19.3. The summed E-state index contributed by atoms with van der Waals surface area (Å²) < 4.78 is 37.6. The number of carbonyl (C=O) groups excluding carboxylic acids is 1. The molecule has 2 atom stereocenters. The van der Waals surface area contributed by atoms with Gasteiger partial charge in [-0.2, -0.15) is 4.31 Å². The Balaban J connectivity index is 0.00000280. The van der Waals surface area contributed by atoms with E-state index in [4.69, 9.17) is 15.2 Å². The van der Waals surface area contributed by atoms with Crippen LogP contribution in [0, 0.1) is 0 Å². The van der Waals surface area contributed by atoms with E-state index in [-0.39, 0.29) is 36.7 Å². The molecule has 1 aromatic rings. The molecule has 8 nitrogen and oxygen atoms in total. The molecule has 2 aliphatic rings. The van der Waals surface area contributed by atoms with Gasteiger partial charge < -0.3 is 20.5 Å². The maximum Gasteiger partial charge on any atom is 0.249 e. The fraction of sp³-hybridized carbons (Fsp3) is 0.611. The number of morpholine rings is 1. The number of sulfonamides is 1. The molecule has 2 heterocycles. The van der Waals surface area contributed by atoms with Crippen molar-refractivity contribution in [1.29, 1.82) is 0 Å². The Labute approximate surface area is 172 Å². The second kappa shape index (κ2) is 10.5. The van der Waals surface area contributed by atoms with Gasteiger partial charge in [-0.1, -0.05) is 24.3 Å². The number of rotatable bonds is 7.